The molecule has 1 unspecified atom stereocenters. The van der Waals surface area contributed by atoms with Gasteiger partial charge in [0.2, 0.25) is 0 Å². The lowest BCUT2D eigenvalue weighted by molar-refractivity contribution is 0.0398. The third-order valence-electron chi connectivity index (χ3n) is 2.57. The summed E-state index contributed by atoms with van der Waals surface area (Å²) in [6, 6.07) is 0. The van der Waals surface area contributed by atoms with E-state index in [-0.39, 0.29) is 11.7 Å². The highest BCUT2D eigenvalue weighted by Crippen LogP contribution is 2.41. The van der Waals surface area contributed by atoms with E-state index in [1.54, 1.807) is 0 Å². The van der Waals surface area contributed by atoms with Crippen molar-refractivity contribution in [2.45, 2.75) is 25.9 Å². The maximum atomic E-state index is 10.6. The van der Waals surface area contributed by atoms with Crippen LogP contribution < -0.4 is 0 Å². The van der Waals surface area contributed by atoms with Gasteiger partial charge in [-0.1, -0.05) is 0 Å². The first-order chi connectivity index (χ1) is 7.72. The molecule has 0 radical (unpaired) electrons. The van der Waals surface area contributed by atoms with E-state index in [0.29, 0.717) is 18.3 Å². The predicted octanol–water partition coefficient (Wildman–Crippen LogP) is 1.66. The highest BCUT2D eigenvalue weighted by molar-refractivity contribution is 5.86. The van der Waals surface area contributed by atoms with Crippen LogP contribution in [-0.2, 0) is 4.74 Å². The Labute approximate surface area is 93.5 Å². The standard InChI is InChI=1S/C11H14N2O3/c1-2-16-9(7-3-4-7)10-12-5-8(6-13-10)11(14)15/h5-7,9H,2-4H2,1H3,(H,14,15). The fraction of sp³-hybridized carbons (Fsp3) is 0.545. The highest BCUT2D eigenvalue weighted by atomic mass is 16.5. The van der Waals surface area contributed by atoms with Gasteiger partial charge in [-0.3, -0.25) is 0 Å². The fourth-order valence-corrected chi connectivity index (χ4v) is 1.60. The Balaban J connectivity index is 2.14. The molecule has 2 rings (SSSR count). The normalized spacial score (nSPS) is 17.1. The van der Waals surface area contributed by atoms with E-state index in [1.807, 2.05) is 6.92 Å². The van der Waals surface area contributed by atoms with Crippen molar-refractivity contribution in [3.63, 3.8) is 0 Å². The first-order valence-electron chi connectivity index (χ1n) is 5.39. The van der Waals surface area contributed by atoms with Crippen molar-refractivity contribution in [1.29, 1.82) is 0 Å². The lowest BCUT2D eigenvalue weighted by Crippen LogP contribution is -2.11. The van der Waals surface area contributed by atoms with Gasteiger partial charge in [0.15, 0.2) is 5.82 Å². The molecule has 0 amide bonds. The maximum absolute atomic E-state index is 10.6. The van der Waals surface area contributed by atoms with Gasteiger partial charge in [0, 0.05) is 19.0 Å². The number of hydrogen-bond acceptors (Lipinski definition) is 4. The molecule has 86 valence electrons. The Kier molecular flexibility index (Phi) is 3.14. The molecule has 0 aromatic carbocycles. The Hall–Kier alpha value is -1.49. The zero-order chi connectivity index (χ0) is 11.5. The molecule has 1 aromatic rings. The summed E-state index contributed by atoms with van der Waals surface area (Å²) in [4.78, 5) is 18.8. The second-order valence-corrected chi connectivity index (χ2v) is 3.85. The number of hydrogen-bond donors (Lipinski definition) is 1. The average Bonchev–Trinajstić information content (AvgIpc) is 3.10. The van der Waals surface area contributed by atoms with E-state index in [2.05, 4.69) is 9.97 Å². The number of carbonyl (C=O) groups is 1. The van der Waals surface area contributed by atoms with E-state index < -0.39 is 5.97 Å². The zero-order valence-corrected chi connectivity index (χ0v) is 9.09. The number of aromatic carboxylic acids is 1. The molecular formula is C11H14N2O3. The second-order valence-electron chi connectivity index (χ2n) is 3.85. The summed E-state index contributed by atoms with van der Waals surface area (Å²) in [6.07, 6.45) is 4.86. The lowest BCUT2D eigenvalue weighted by Gasteiger charge is -2.14. The van der Waals surface area contributed by atoms with Gasteiger partial charge in [0.1, 0.15) is 6.10 Å². The van der Waals surface area contributed by atoms with E-state index in [4.69, 9.17) is 9.84 Å². The molecule has 1 fully saturated rings. The predicted molar refractivity (Wildman–Crippen MR) is 56.1 cm³/mol. The summed E-state index contributed by atoms with van der Waals surface area (Å²) in [7, 11) is 0. The molecule has 1 N–H and O–H groups in total. The number of carboxylic acids is 1. The van der Waals surface area contributed by atoms with E-state index in [0.717, 1.165) is 12.8 Å². The third-order valence-corrected chi connectivity index (χ3v) is 2.57. The van der Waals surface area contributed by atoms with Gasteiger partial charge in [-0.15, -0.1) is 0 Å². The van der Waals surface area contributed by atoms with Gasteiger partial charge in [0.25, 0.3) is 0 Å². The summed E-state index contributed by atoms with van der Waals surface area (Å²) >= 11 is 0. The molecule has 1 aromatic heterocycles. The molecule has 0 spiro atoms. The Morgan fingerprint density at radius 3 is 2.62 bits per heavy atom. The molecule has 1 aliphatic carbocycles. The maximum Gasteiger partial charge on any atom is 0.338 e. The van der Waals surface area contributed by atoms with Crippen LogP contribution in [0.4, 0.5) is 0 Å². The number of carboxylic acid groups (broad SMARTS) is 1. The average molecular weight is 222 g/mol. The lowest BCUT2D eigenvalue weighted by atomic mass is 10.2. The Bertz CT molecular complexity index is 373. The molecule has 0 bridgehead atoms. The van der Waals surface area contributed by atoms with Crippen molar-refractivity contribution in [2.24, 2.45) is 5.92 Å². The number of rotatable bonds is 5. The zero-order valence-electron chi connectivity index (χ0n) is 9.09. The quantitative estimate of drug-likeness (QED) is 0.820. The molecule has 5 nitrogen and oxygen atoms in total. The van der Waals surface area contributed by atoms with Crippen LogP contribution in [0.2, 0.25) is 0 Å². The van der Waals surface area contributed by atoms with Gasteiger partial charge in [-0.2, -0.15) is 0 Å². The van der Waals surface area contributed by atoms with E-state index in [1.165, 1.54) is 12.4 Å². The van der Waals surface area contributed by atoms with Crippen LogP contribution in [0.15, 0.2) is 12.4 Å². The molecule has 1 aliphatic rings. The van der Waals surface area contributed by atoms with Gasteiger partial charge in [-0.05, 0) is 25.7 Å². The van der Waals surface area contributed by atoms with Crippen molar-refractivity contribution >= 4 is 5.97 Å². The summed E-state index contributed by atoms with van der Waals surface area (Å²) in [5.41, 5.74) is 0.106. The van der Waals surface area contributed by atoms with Crippen LogP contribution in [-0.4, -0.2) is 27.7 Å². The van der Waals surface area contributed by atoms with Crippen LogP contribution in [0, 0.1) is 5.92 Å². The topological polar surface area (TPSA) is 72.3 Å². The molecule has 1 heterocycles. The van der Waals surface area contributed by atoms with Crippen LogP contribution >= 0.6 is 0 Å². The van der Waals surface area contributed by atoms with Crippen LogP contribution in [0.25, 0.3) is 0 Å². The SMILES string of the molecule is CCOC(c1ncc(C(=O)O)cn1)C1CC1. The molecular weight excluding hydrogens is 208 g/mol. The van der Waals surface area contributed by atoms with Crippen LogP contribution in [0.1, 0.15) is 42.1 Å². The monoisotopic (exact) mass is 222 g/mol. The Morgan fingerprint density at radius 1 is 1.56 bits per heavy atom. The number of aromatic nitrogens is 2. The summed E-state index contributed by atoms with van der Waals surface area (Å²) < 4.78 is 5.58. The number of nitrogens with zero attached hydrogens (tertiary/aromatic N) is 2. The first-order valence-corrected chi connectivity index (χ1v) is 5.39. The molecule has 1 atom stereocenters. The van der Waals surface area contributed by atoms with Gasteiger partial charge in [-0.25, -0.2) is 14.8 Å². The minimum Gasteiger partial charge on any atom is -0.478 e. The third kappa shape index (κ3) is 2.36. The minimum atomic E-state index is -1.01. The minimum absolute atomic E-state index is 0.0761. The molecule has 1 saturated carbocycles. The van der Waals surface area contributed by atoms with Crippen LogP contribution in [0.3, 0.4) is 0 Å². The first kappa shape index (κ1) is 11.0. The summed E-state index contributed by atoms with van der Waals surface area (Å²) in [5, 5.41) is 8.73. The van der Waals surface area contributed by atoms with Crippen molar-refractivity contribution in [1.82, 2.24) is 9.97 Å². The van der Waals surface area contributed by atoms with Crippen molar-refractivity contribution in [2.75, 3.05) is 6.61 Å². The smallest absolute Gasteiger partial charge is 0.338 e. The fourth-order valence-electron chi connectivity index (χ4n) is 1.60. The van der Waals surface area contributed by atoms with Crippen molar-refractivity contribution in [3.05, 3.63) is 23.8 Å². The second kappa shape index (κ2) is 4.57. The molecule has 0 saturated heterocycles. The van der Waals surface area contributed by atoms with Gasteiger partial charge in [0.05, 0.1) is 5.56 Å². The van der Waals surface area contributed by atoms with Crippen molar-refractivity contribution in [3.8, 4) is 0 Å². The molecule has 0 aliphatic heterocycles. The molecule has 5 heteroatoms. The van der Waals surface area contributed by atoms with Gasteiger partial charge >= 0.3 is 5.97 Å². The van der Waals surface area contributed by atoms with Crippen molar-refractivity contribution < 1.29 is 14.6 Å². The summed E-state index contributed by atoms with van der Waals surface area (Å²) in [5.74, 6) is 0.0795. The van der Waals surface area contributed by atoms with E-state index >= 15 is 0 Å². The Morgan fingerprint density at radius 2 is 2.19 bits per heavy atom. The largest absolute Gasteiger partial charge is 0.478 e. The van der Waals surface area contributed by atoms with Crippen LogP contribution in [0.5, 0.6) is 0 Å². The van der Waals surface area contributed by atoms with E-state index in [9.17, 15) is 4.79 Å². The summed E-state index contributed by atoms with van der Waals surface area (Å²) in [6.45, 7) is 2.55. The highest BCUT2D eigenvalue weighted by Gasteiger charge is 2.34. The molecule has 16 heavy (non-hydrogen) atoms. The van der Waals surface area contributed by atoms with Gasteiger partial charge < -0.3 is 9.84 Å². The number of ether oxygens (including phenoxy) is 1.